The summed E-state index contributed by atoms with van der Waals surface area (Å²) in [7, 11) is 0. The van der Waals surface area contributed by atoms with Crippen molar-refractivity contribution in [3.63, 3.8) is 0 Å². The monoisotopic (exact) mass is 558 g/mol. The molecule has 0 N–H and O–H groups in total. The lowest BCUT2D eigenvalue weighted by Crippen LogP contribution is -2.57. The van der Waals surface area contributed by atoms with Crippen LogP contribution in [0.25, 0.3) is 65.6 Å². The first-order chi connectivity index (χ1) is 21.9. The molecule has 0 amide bonds. The van der Waals surface area contributed by atoms with Crippen LogP contribution in [0.4, 0.5) is 17.1 Å². The average Bonchev–Trinajstić information content (AvgIpc) is 3.63. The molecule has 0 saturated heterocycles. The van der Waals surface area contributed by atoms with Gasteiger partial charge in [-0.15, -0.1) is 0 Å². The Morgan fingerprint density at radius 1 is 0.523 bits per heavy atom. The number of rotatable bonds is 1. The first-order valence-corrected chi connectivity index (χ1v) is 15.2. The molecule has 0 saturated carbocycles. The van der Waals surface area contributed by atoms with Crippen molar-refractivity contribution in [1.82, 2.24) is 4.48 Å². The first kappa shape index (κ1) is 22.8. The molecule has 2 aliphatic rings. The smallest absolute Gasteiger partial charge is 0.333 e. The molecule has 0 spiro atoms. The maximum Gasteiger partial charge on any atom is 0.333 e. The molecule has 11 rings (SSSR count). The zero-order valence-corrected chi connectivity index (χ0v) is 23.7. The molecule has 0 bridgehead atoms. The third kappa shape index (κ3) is 2.66. The summed E-state index contributed by atoms with van der Waals surface area (Å²) in [4.78, 5) is 2.50. The SMILES string of the molecule is c1ccc(N2c3ccc4ccccc4c3B3c4c(cc5oc6ccccc6c5c42)-c2cccc4c5ccccc5n3c24)cc1. The van der Waals surface area contributed by atoms with E-state index in [-0.39, 0.29) is 6.85 Å². The average molecular weight is 558 g/mol. The Bertz CT molecular complexity index is 2680. The van der Waals surface area contributed by atoms with Crippen molar-refractivity contribution in [1.29, 1.82) is 0 Å². The molecule has 3 nitrogen and oxygen atoms in total. The van der Waals surface area contributed by atoms with Gasteiger partial charge in [-0.25, -0.2) is 0 Å². The Hall–Kier alpha value is -5.74. The normalized spacial score (nSPS) is 13.4. The van der Waals surface area contributed by atoms with Gasteiger partial charge in [0.15, 0.2) is 0 Å². The maximum absolute atomic E-state index is 6.67. The van der Waals surface area contributed by atoms with E-state index in [1.54, 1.807) is 0 Å². The fourth-order valence-electron chi connectivity index (χ4n) is 8.29. The van der Waals surface area contributed by atoms with E-state index in [0.29, 0.717) is 0 Å². The largest absolute Gasteiger partial charge is 0.456 e. The first-order valence-electron chi connectivity index (χ1n) is 15.2. The molecule has 4 heteroatoms. The van der Waals surface area contributed by atoms with E-state index in [1.807, 2.05) is 0 Å². The minimum absolute atomic E-state index is 0.0172. The van der Waals surface area contributed by atoms with Crippen molar-refractivity contribution < 1.29 is 4.42 Å². The third-order valence-corrected chi connectivity index (χ3v) is 9.93. The highest BCUT2D eigenvalue weighted by atomic mass is 16.3. The number of hydrogen-bond acceptors (Lipinski definition) is 2. The van der Waals surface area contributed by atoms with E-state index in [0.717, 1.165) is 22.2 Å². The van der Waals surface area contributed by atoms with Crippen molar-refractivity contribution in [3.05, 3.63) is 140 Å². The van der Waals surface area contributed by atoms with Gasteiger partial charge in [-0.05, 0) is 63.7 Å². The Balaban J connectivity index is 1.44. The highest BCUT2D eigenvalue weighted by Crippen LogP contribution is 2.50. The number of fused-ring (bicyclic) bond motifs is 13. The highest BCUT2D eigenvalue weighted by Gasteiger charge is 2.45. The van der Waals surface area contributed by atoms with Crippen LogP contribution in [0.2, 0.25) is 0 Å². The predicted octanol–water partition coefficient (Wildman–Crippen LogP) is 9.26. The van der Waals surface area contributed by atoms with Gasteiger partial charge in [0.2, 0.25) is 0 Å². The van der Waals surface area contributed by atoms with Crippen molar-refractivity contribution in [3.8, 4) is 11.1 Å². The molecule has 4 heterocycles. The second-order valence-electron chi connectivity index (χ2n) is 12.0. The molecule has 44 heavy (non-hydrogen) atoms. The van der Waals surface area contributed by atoms with Crippen LogP contribution in [0.1, 0.15) is 0 Å². The van der Waals surface area contributed by atoms with Gasteiger partial charge in [0.1, 0.15) is 11.2 Å². The van der Waals surface area contributed by atoms with Crippen molar-refractivity contribution in [2.75, 3.05) is 4.90 Å². The van der Waals surface area contributed by atoms with Gasteiger partial charge in [0, 0.05) is 44.1 Å². The summed E-state index contributed by atoms with van der Waals surface area (Å²) in [5, 5.41) is 7.44. The third-order valence-electron chi connectivity index (χ3n) is 9.93. The number of aromatic nitrogens is 1. The predicted molar refractivity (Wildman–Crippen MR) is 185 cm³/mol. The number of furan rings is 1. The van der Waals surface area contributed by atoms with Gasteiger partial charge >= 0.3 is 6.85 Å². The molecule has 0 unspecified atom stereocenters. The molecular weight excluding hydrogens is 535 g/mol. The van der Waals surface area contributed by atoms with Crippen molar-refractivity contribution in [2.45, 2.75) is 0 Å². The van der Waals surface area contributed by atoms with Crippen molar-refractivity contribution >= 4 is 89.4 Å². The van der Waals surface area contributed by atoms with Crippen LogP contribution < -0.4 is 15.8 Å². The second kappa shape index (κ2) is 8.00. The molecule has 2 aromatic heterocycles. The maximum atomic E-state index is 6.67. The van der Waals surface area contributed by atoms with Crippen LogP contribution in [-0.4, -0.2) is 11.3 Å². The quantitative estimate of drug-likeness (QED) is 0.187. The van der Waals surface area contributed by atoms with E-state index in [2.05, 4.69) is 149 Å². The summed E-state index contributed by atoms with van der Waals surface area (Å²) in [5.41, 5.74) is 13.1. The molecule has 2 aliphatic heterocycles. The fraction of sp³-hybridized carbons (Fsp3) is 0. The van der Waals surface area contributed by atoms with E-state index >= 15 is 0 Å². The van der Waals surface area contributed by atoms with Crippen LogP contribution in [0.5, 0.6) is 0 Å². The van der Waals surface area contributed by atoms with Gasteiger partial charge < -0.3 is 13.8 Å². The van der Waals surface area contributed by atoms with E-state index in [9.17, 15) is 0 Å². The lowest BCUT2D eigenvalue weighted by Gasteiger charge is -2.41. The fourth-order valence-corrected chi connectivity index (χ4v) is 8.29. The summed E-state index contributed by atoms with van der Waals surface area (Å²) in [6, 6.07) is 50.8. The van der Waals surface area contributed by atoms with E-state index in [4.69, 9.17) is 4.42 Å². The molecule has 9 aromatic rings. The van der Waals surface area contributed by atoms with Gasteiger partial charge in [-0.2, -0.15) is 0 Å². The number of para-hydroxylation sites is 4. The Morgan fingerprint density at radius 3 is 2.18 bits per heavy atom. The number of anilines is 3. The Kier molecular flexibility index (Phi) is 4.15. The minimum atomic E-state index is -0.0172. The second-order valence-corrected chi connectivity index (χ2v) is 12.0. The van der Waals surface area contributed by atoms with Crippen LogP contribution in [0.15, 0.2) is 144 Å². The summed E-state index contributed by atoms with van der Waals surface area (Å²) in [6.45, 7) is -0.0172. The number of benzene rings is 7. The molecular formula is C40H23BN2O. The zero-order valence-electron chi connectivity index (χ0n) is 23.7. The zero-order chi connectivity index (χ0) is 28.5. The Morgan fingerprint density at radius 2 is 1.27 bits per heavy atom. The molecule has 0 radical (unpaired) electrons. The molecule has 0 fully saturated rings. The summed E-state index contributed by atoms with van der Waals surface area (Å²) >= 11 is 0. The number of hydrogen-bond donors (Lipinski definition) is 0. The van der Waals surface area contributed by atoms with Crippen molar-refractivity contribution in [2.24, 2.45) is 0 Å². The van der Waals surface area contributed by atoms with Gasteiger partial charge in [0.05, 0.1) is 11.1 Å². The van der Waals surface area contributed by atoms with Crippen LogP contribution in [0, 0.1) is 0 Å². The van der Waals surface area contributed by atoms with Crippen LogP contribution in [-0.2, 0) is 0 Å². The minimum Gasteiger partial charge on any atom is -0.456 e. The topological polar surface area (TPSA) is 21.3 Å². The summed E-state index contributed by atoms with van der Waals surface area (Å²) in [5.74, 6) is 0. The summed E-state index contributed by atoms with van der Waals surface area (Å²) < 4.78 is 9.30. The molecule has 0 aliphatic carbocycles. The Labute approximate surface area is 253 Å². The van der Waals surface area contributed by atoms with E-state index < -0.39 is 0 Å². The van der Waals surface area contributed by atoms with Crippen LogP contribution >= 0.6 is 0 Å². The lowest BCUT2D eigenvalue weighted by molar-refractivity contribution is 0.669. The van der Waals surface area contributed by atoms with E-state index in [1.165, 1.54) is 71.4 Å². The number of nitrogens with zero attached hydrogens (tertiary/aromatic N) is 2. The standard InChI is InChI=1S/C40H23BN2O/c1-2-12-25(13-3-1)42-33-22-21-24-11-4-5-14-26(24)37(33)41-38-31(23-35-36(40(38)42)30-16-7-9-20-34(30)44-35)29-18-10-17-28-27-15-6-8-19-32(27)43(41)39(28)29/h1-23H. The van der Waals surface area contributed by atoms with Gasteiger partial charge in [0.25, 0.3) is 0 Å². The van der Waals surface area contributed by atoms with Gasteiger partial charge in [-0.1, -0.05) is 103 Å². The van der Waals surface area contributed by atoms with Gasteiger partial charge in [-0.3, -0.25) is 0 Å². The van der Waals surface area contributed by atoms with Crippen LogP contribution in [0.3, 0.4) is 0 Å². The lowest BCUT2D eigenvalue weighted by atomic mass is 9.44. The molecule has 202 valence electrons. The summed E-state index contributed by atoms with van der Waals surface area (Å²) in [6.07, 6.45) is 0. The molecule has 0 atom stereocenters. The highest BCUT2D eigenvalue weighted by molar-refractivity contribution is 6.92. The molecule has 7 aromatic carbocycles.